The minimum absolute atomic E-state index is 0.0485. The van der Waals surface area contributed by atoms with E-state index in [0.717, 1.165) is 5.69 Å². The minimum Gasteiger partial charge on any atom is -0.362 e. The molecule has 2 heterocycles. The van der Waals surface area contributed by atoms with Crippen LogP contribution in [0.15, 0.2) is 41.2 Å². The molecule has 2 aromatic carbocycles. The van der Waals surface area contributed by atoms with Gasteiger partial charge in [0.2, 0.25) is 0 Å². The van der Waals surface area contributed by atoms with Crippen LogP contribution in [0.25, 0.3) is 0 Å². The lowest BCUT2D eigenvalue weighted by molar-refractivity contribution is 0.0785. The fraction of sp³-hybridized carbons (Fsp3) is 0.227. The number of aromatic nitrogens is 1. The summed E-state index contributed by atoms with van der Waals surface area (Å²) in [7, 11) is 0. The summed E-state index contributed by atoms with van der Waals surface area (Å²) in [5, 5.41) is 11.5. The molecule has 5 nitrogen and oxygen atoms in total. The number of likely N-dealkylation sites (tertiary alicyclic amines) is 1. The molecular weight excluding hydrogens is 494 g/mol. The number of nitriles is 1. The van der Waals surface area contributed by atoms with Gasteiger partial charge in [-0.2, -0.15) is 5.26 Å². The summed E-state index contributed by atoms with van der Waals surface area (Å²) < 4.78 is 14.2. The second-order valence-corrected chi connectivity index (χ2v) is 9.27. The molecule has 164 valence electrons. The number of hydrogen-bond acceptors (Lipinski definition) is 5. The molecule has 1 aliphatic heterocycles. The van der Waals surface area contributed by atoms with Gasteiger partial charge >= 0.3 is 0 Å². The Morgan fingerprint density at radius 2 is 2.06 bits per heavy atom. The summed E-state index contributed by atoms with van der Waals surface area (Å²) in [5.41, 5.74) is 3.71. The fourth-order valence-electron chi connectivity index (χ4n) is 3.73. The Morgan fingerprint density at radius 1 is 1.25 bits per heavy atom. The highest BCUT2D eigenvalue weighted by Gasteiger charge is 2.32. The van der Waals surface area contributed by atoms with Crippen molar-refractivity contribution < 1.29 is 9.18 Å². The molecule has 0 spiro atoms. The summed E-state index contributed by atoms with van der Waals surface area (Å²) in [4.78, 5) is 20.6. The first-order valence-corrected chi connectivity index (χ1v) is 11.7. The zero-order valence-electron chi connectivity index (χ0n) is 16.6. The Morgan fingerprint density at radius 3 is 2.75 bits per heavy atom. The van der Waals surface area contributed by atoms with E-state index >= 15 is 0 Å². The Hall–Kier alpha value is -2.37. The molecule has 1 amide bonds. The Labute approximate surface area is 203 Å². The van der Waals surface area contributed by atoms with Gasteiger partial charge in [-0.3, -0.25) is 4.79 Å². The van der Waals surface area contributed by atoms with E-state index in [1.165, 1.54) is 23.5 Å². The van der Waals surface area contributed by atoms with Crippen LogP contribution >= 0.6 is 46.1 Å². The summed E-state index contributed by atoms with van der Waals surface area (Å²) in [5.74, 6) is -0.683. The molecule has 1 saturated heterocycles. The summed E-state index contributed by atoms with van der Waals surface area (Å²) in [6.45, 7) is 1.30. The summed E-state index contributed by atoms with van der Waals surface area (Å²) >= 11 is 19.9. The van der Waals surface area contributed by atoms with Crippen LogP contribution in [0.4, 0.5) is 10.1 Å². The number of carbonyl (C=O) groups is 1. The average molecular weight is 510 g/mol. The first-order valence-electron chi connectivity index (χ1n) is 9.64. The number of nitrogens with zero attached hydrogens (tertiary/aromatic N) is 4. The minimum atomic E-state index is -0.560. The Bertz CT molecular complexity index is 1200. The number of benzene rings is 2. The second-order valence-electron chi connectivity index (χ2n) is 7.33. The van der Waals surface area contributed by atoms with Crippen molar-refractivity contribution >= 4 is 57.7 Å². The molecule has 3 aromatic rings. The highest BCUT2D eigenvalue weighted by atomic mass is 35.5. The van der Waals surface area contributed by atoms with Crippen molar-refractivity contribution in [1.29, 1.82) is 5.26 Å². The molecule has 1 aromatic heterocycles. The number of thiazole rings is 1. The zero-order valence-corrected chi connectivity index (χ0v) is 19.6. The first-order chi connectivity index (χ1) is 15.4. The van der Waals surface area contributed by atoms with Crippen molar-refractivity contribution in [3.8, 4) is 6.07 Å². The molecule has 4 rings (SSSR count). The van der Waals surface area contributed by atoms with E-state index in [2.05, 4.69) is 4.98 Å². The van der Waals surface area contributed by atoms with Crippen LogP contribution in [0.3, 0.4) is 0 Å². The summed E-state index contributed by atoms with van der Waals surface area (Å²) in [6, 6.07) is 9.80. The van der Waals surface area contributed by atoms with E-state index in [-0.39, 0.29) is 23.5 Å². The van der Waals surface area contributed by atoms with Crippen LogP contribution in [0, 0.1) is 17.1 Å². The maximum atomic E-state index is 14.2. The van der Waals surface area contributed by atoms with Gasteiger partial charge in [-0.15, -0.1) is 11.3 Å². The molecule has 0 bridgehead atoms. The highest BCUT2D eigenvalue weighted by Crippen LogP contribution is 2.32. The van der Waals surface area contributed by atoms with Gasteiger partial charge in [-0.05, 0) is 42.3 Å². The van der Waals surface area contributed by atoms with E-state index in [4.69, 9.17) is 34.8 Å². The van der Waals surface area contributed by atoms with E-state index in [9.17, 15) is 14.4 Å². The van der Waals surface area contributed by atoms with Gasteiger partial charge < -0.3 is 9.80 Å². The van der Waals surface area contributed by atoms with Crippen LogP contribution in [-0.2, 0) is 6.54 Å². The van der Waals surface area contributed by atoms with Gasteiger partial charge in [0.25, 0.3) is 5.91 Å². The Balaban J connectivity index is 1.65. The summed E-state index contributed by atoms with van der Waals surface area (Å²) in [6.07, 6.45) is 0.696. The lowest BCUT2D eigenvalue weighted by Crippen LogP contribution is -2.39. The quantitative estimate of drug-likeness (QED) is 0.394. The normalized spacial score (nSPS) is 15.6. The Kier molecular flexibility index (Phi) is 6.87. The molecule has 0 saturated carbocycles. The average Bonchev–Trinajstić information content (AvgIpc) is 3.47. The van der Waals surface area contributed by atoms with E-state index in [1.807, 2.05) is 11.0 Å². The smallest absolute Gasteiger partial charge is 0.273 e. The van der Waals surface area contributed by atoms with Crippen LogP contribution in [0.2, 0.25) is 15.1 Å². The van der Waals surface area contributed by atoms with Crippen molar-refractivity contribution in [2.24, 2.45) is 0 Å². The topological polar surface area (TPSA) is 60.2 Å². The van der Waals surface area contributed by atoms with E-state index in [0.29, 0.717) is 46.4 Å². The van der Waals surface area contributed by atoms with Gasteiger partial charge in [0.15, 0.2) is 0 Å². The van der Waals surface area contributed by atoms with E-state index in [1.54, 1.807) is 34.0 Å². The van der Waals surface area contributed by atoms with Crippen molar-refractivity contribution in [3.05, 3.63) is 78.9 Å². The van der Waals surface area contributed by atoms with Crippen molar-refractivity contribution in [3.63, 3.8) is 0 Å². The first kappa shape index (κ1) is 22.8. The van der Waals surface area contributed by atoms with Crippen molar-refractivity contribution in [1.82, 2.24) is 9.88 Å². The predicted molar refractivity (Wildman–Crippen MR) is 125 cm³/mol. The monoisotopic (exact) mass is 508 g/mol. The number of rotatable bonds is 5. The van der Waals surface area contributed by atoms with E-state index < -0.39 is 5.82 Å². The maximum absolute atomic E-state index is 14.2. The third-order valence-electron chi connectivity index (χ3n) is 5.38. The number of anilines is 1. The lowest BCUT2D eigenvalue weighted by atomic mass is 10.1. The van der Waals surface area contributed by atoms with Gasteiger partial charge in [0.1, 0.15) is 17.6 Å². The number of halogens is 4. The standard InChI is InChI=1S/C22H16Cl3FN4OS/c23-17-6-15(2-1-13(17)8-27)30(9-14-5-20(26)19(25)7-18(14)24)16-3-4-29(10-16)22(31)21-11-32-12-28-21/h1-2,5-7,11-12,16H,3-4,9-10H2/t16-/m0/s1. The molecule has 32 heavy (non-hydrogen) atoms. The molecule has 0 radical (unpaired) electrons. The predicted octanol–water partition coefficient (Wildman–Crippen LogP) is 6.04. The highest BCUT2D eigenvalue weighted by molar-refractivity contribution is 7.07. The third-order valence-corrected chi connectivity index (χ3v) is 6.92. The molecule has 1 aliphatic rings. The number of amides is 1. The van der Waals surface area contributed by atoms with Crippen LogP contribution in [0.1, 0.15) is 28.0 Å². The van der Waals surface area contributed by atoms with Crippen LogP contribution in [0.5, 0.6) is 0 Å². The molecule has 10 heteroatoms. The van der Waals surface area contributed by atoms with Gasteiger partial charge in [0.05, 0.1) is 21.1 Å². The second kappa shape index (κ2) is 9.63. The third kappa shape index (κ3) is 4.69. The van der Waals surface area contributed by atoms with Gasteiger partial charge in [0, 0.05) is 41.8 Å². The molecule has 0 unspecified atom stereocenters. The van der Waals surface area contributed by atoms with Crippen LogP contribution in [-0.4, -0.2) is 34.9 Å². The zero-order chi connectivity index (χ0) is 22.8. The lowest BCUT2D eigenvalue weighted by Gasteiger charge is -2.32. The number of hydrogen-bond donors (Lipinski definition) is 0. The molecule has 0 N–H and O–H groups in total. The van der Waals surface area contributed by atoms with Crippen LogP contribution < -0.4 is 4.90 Å². The fourth-order valence-corrected chi connectivity index (χ4v) is 4.92. The van der Waals surface area contributed by atoms with Gasteiger partial charge in [-0.25, -0.2) is 9.37 Å². The molecule has 1 fully saturated rings. The SMILES string of the molecule is N#Cc1ccc(N(Cc2cc(F)c(Cl)cc2Cl)[C@H]2CCN(C(=O)c3cscn3)C2)cc1Cl. The van der Waals surface area contributed by atoms with Gasteiger partial charge in [-0.1, -0.05) is 34.8 Å². The molecule has 1 atom stereocenters. The number of carbonyl (C=O) groups excluding carboxylic acids is 1. The molecular formula is C22H16Cl3FN4OS. The van der Waals surface area contributed by atoms with Crippen molar-refractivity contribution in [2.75, 3.05) is 18.0 Å². The maximum Gasteiger partial charge on any atom is 0.273 e. The largest absolute Gasteiger partial charge is 0.362 e. The van der Waals surface area contributed by atoms with Crippen molar-refractivity contribution in [2.45, 2.75) is 19.0 Å². The molecule has 0 aliphatic carbocycles.